The molecule has 2 N–H and O–H groups in total. The Morgan fingerprint density at radius 3 is 2.32 bits per heavy atom. The van der Waals surface area contributed by atoms with Gasteiger partial charge in [0.05, 0.1) is 5.56 Å². The van der Waals surface area contributed by atoms with Crippen molar-refractivity contribution in [2.75, 3.05) is 5.73 Å². The van der Waals surface area contributed by atoms with Crippen LogP contribution in [0.5, 0.6) is 0 Å². The first kappa shape index (κ1) is 14.1. The van der Waals surface area contributed by atoms with Gasteiger partial charge in [0.1, 0.15) is 0 Å². The summed E-state index contributed by atoms with van der Waals surface area (Å²) in [5.74, 6) is 0. The van der Waals surface area contributed by atoms with E-state index >= 15 is 0 Å². The van der Waals surface area contributed by atoms with Gasteiger partial charge in [-0.3, -0.25) is 0 Å². The lowest BCUT2D eigenvalue weighted by Crippen LogP contribution is -2.06. The zero-order valence-corrected chi connectivity index (χ0v) is 11.1. The lowest BCUT2D eigenvalue weighted by Gasteiger charge is -2.13. The van der Waals surface area contributed by atoms with E-state index in [9.17, 15) is 13.2 Å². The highest BCUT2D eigenvalue weighted by Gasteiger charge is 2.33. The molecular formula is C13H9ClF3NS. The van der Waals surface area contributed by atoms with E-state index in [1.165, 1.54) is 18.2 Å². The summed E-state index contributed by atoms with van der Waals surface area (Å²) >= 11 is 6.73. The summed E-state index contributed by atoms with van der Waals surface area (Å²) in [6, 6.07) is 10.1. The maximum absolute atomic E-state index is 12.9. The van der Waals surface area contributed by atoms with E-state index in [1.54, 1.807) is 18.2 Å². The van der Waals surface area contributed by atoms with Crippen LogP contribution in [0.3, 0.4) is 0 Å². The standard InChI is InChI=1S/C13H9ClF3NS/c14-8-5-6-12(10(18)7-8)19-11-4-2-1-3-9(11)13(15,16)17/h1-7H,18H2. The summed E-state index contributed by atoms with van der Waals surface area (Å²) in [5.41, 5.74) is 5.43. The predicted molar refractivity (Wildman–Crippen MR) is 71.4 cm³/mol. The lowest BCUT2D eigenvalue weighted by molar-refractivity contribution is -0.139. The Bertz CT molecular complexity index is 599. The fourth-order valence-electron chi connectivity index (χ4n) is 1.52. The fourth-order valence-corrected chi connectivity index (χ4v) is 2.69. The first-order valence-electron chi connectivity index (χ1n) is 5.27. The summed E-state index contributed by atoms with van der Waals surface area (Å²) in [4.78, 5) is 0.658. The van der Waals surface area contributed by atoms with Gasteiger partial charge in [-0.15, -0.1) is 0 Å². The third-order valence-corrected chi connectivity index (χ3v) is 3.79. The van der Waals surface area contributed by atoms with Crippen LogP contribution in [0.1, 0.15) is 5.56 Å². The molecule has 0 amide bonds. The van der Waals surface area contributed by atoms with E-state index in [0.29, 0.717) is 15.6 Å². The quantitative estimate of drug-likeness (QED) is 0.782. The molecule has 0 spiro atoms. The average Bonchev–Trinajstić information content (AvgIpc) is 2.32. The highest BCUT2D eigenvalue weighted by Crippen LogP contribution is 2.41. The van der Waals surface area contributed by atoms with Crippen molar-refractivity contribution in [1.82, 2.24) is 0 Å². The molecule has 19 heavy (non-hydrogen) atoms. The van der Waals surface area contributed by atoms with Crippen molar-refractivity contribution in [3.8, 4) is 0 Å². The first-order valence-corrected chi connectivity index (χ1v) is 6.46. The topological polar surface area (TPSA) is 26.0 Å². The molecule has 2 rings (SSSR count). The summed E-state index contributed by atoms with van der Waals surface area (Å²) in [6.07, 6.45) is -4.38. The highest BCUT2D eigenvalue weighted by atomic mass is 35.5. The van der Waals surface area contributed by atoms with Gasteiger partial charge in [0, 0.05) is 20.5 Å². The van der Waals surface area contributed by atoms with Crippen LogP contribution in [0.15, 0.2) is 52.3 Å². The maximum atomic E-state index is 12.9. The van der Waals surface area contributed by atoms with Gasteiger partial charge in [-0.1, -0.05) is 35.5 Å². The Kier molecular flexibility index (Phi) is 3.96. The van der Waals surface area contributed by atoms with Crippen molar-refractivity contribution in [3.63, 3.8) is 0 Å². The number of halogens is 4. The molecule has 0 bridgehead atoms. The van der Waals surface area contributed by atoms with Crippen molar-refractivity contribution in [3.05, 3.63) is 53.1 Å². The Morgan fingerprint density at radius 2 is 1.68 bits per heavy atom. The third kappa shape index (κ3) is 3.36. The third-order valence-electron chi connectivity index (χ3n) is 2.38. The minimum absolute atomic E-state index is 0.115. The average molecular weight is 304 g/mol. The number of rotatable bonds is 2. The van der Waals surface area contributed by atoms with Crippen molar-refractivity contribution in [2.24, 2.45) is 0 Å². The van der Waals surface area contributed by atoms with E-state index in [-0.39, 0.29) is 4.90 Å². The number of nitrogens with two attached hydrogens (primary N) is 1. The monoisotopic (exact) mass is 303 g/mol. The molecule has 0 aliphatic heterocycles. The number of anilines is 1. The molecular weight excluding hydrogens is 295 g/mol. The SMILES string of the molecule is Nc1cc(Cl)ccc1Sc1ccccc1C(F)(F)F. The second-order valence-electron chi connectivity index (χ2n) is 3.78. The fraction of sp³-hybridized carbons (Fsp3) is 0.0769. The molecule has 0 saturated heterocycles. The zero-order chi connectivity index (χ0) is 14.0. The molecule has 0 atom stereocenters. The molecule has 0 fully saturated rings. The Balaban J connectivity index is 2.39. The van der Waals surface area contributed by atoms with Gasteiger partial charge in [-0.2, -0.15) is 13.2 Å². The number of alkyl halides is 3. The smallest absolute Gasteiger partial charge is 0.398 e. The van der Waals surface area contributed by atoms with E-state index in [1.807, 2.05) is 0 Å². The molecule has 2 aromatic carbocycles. The number of nitrogen functional groups attached to an aromatic ring is 1. The molecule has 0 aliphatic carbocycles. The predicted octanol–water partition coefficient (Wildman–Crippen LogP) is 5.09. The van der Waals surface area contributed by atoms with E-state index in [0.717, 1.165) is 17.8 Å². The van der Waals surface area contributed by atoms with Gasteiger partial charge in [0.2, 0.25) is 0 Å². The number of hydrogen-bond donors (Lipinski definition) is 1. The van der Waals surface area contributed by atoms with Crippen LogP contribution >= 0.6 is 23.4 Å². The van der Waals surface area contributed by atoms with Crippen LogP contribution in [-0.4, -0.2) is 0 Å². The molecule has 0 saturated carbocycles. The molecule has 0 unspecified atom stereocenters. The summed E-state index contributed by atoms with van der Waals surface area (Å²) in [7, 11) is 0. The molecule has 6 heteroatoms. The molecule has 2 aromatic rings. The zero-order valence-electron chi connectivity index (χ0n) is 9.54. The van der Waals surface area contributed by atoms with E-state index in [4.69, 9.17) is 17.3 Å². The van der Waals surface area contributed by atoms with Crippen molar-refractivity contribution < 1.29 is 13.2 Å². The molecule has 100 valence electrons. The van der Waals surface area contributed by atoms with Crippen LogP contribution in [0.25, 0.3) is 0 Å². The van der Waals surface area contributed by atoms with Gasteiger partial charge < -0.3 is 5.73 Å². The molecule has 1 nitrogen and oxygen atoms in total. The van der Waals surface area contributed by atoms with Crippen LogP contribution in [0.2, 0.25) is 5.02 Å². The molecule has 0 aromatic heterocycles. The first-order chi connectivity index (χ1) is 8.88. The molecule has 0 heterocycles. The van der Waals surface area contributed by atoms with Gasteiger partial charge in [-0.25, -0.2) is 0 Å². The van der Waals surface area contributed by atoms with Gasteiger partial charge in [-0.05, 0) is 30.3 Å². The minimum Gasteiger partial charge on any atom is -0.398 e. The van der Waals surface area contributed by atoms with Crippen LogP contribution in [0, 0.1) is 0 Å². The second kappa shape index (κ2) is 5.35. The Morgan fingerprint density at radius 1 is 1.00 bits per heavy atom. The van der Waals surface area contributed by atoms with Crippen molar-refractivity contribution in [2.45, 2.75) is 16.0 Å². The highest BCUT2D eigenvalue weighted by molar-refractivity contribution is 7.99. The summed E-state index contributed by atoms with van der Waals surface area (Å²) in [5, 5.41) is 0.450. The minimum atomic E-state index is -4.38. The van der Waals surface area contributed by atoms with Crippen LogP contribution < -0.4 is 5.73 Å². The normalized spacial score (nSPS) is 11.6. The number of benzene rings is 2. The second-order valence-corrected chi connectivity index (χ2v) is 5.30. The van der Waals surface area contributed by atoms with Crippen LogP contribution in [0.4, 0.5) is 18.9 Å². The van der Waals surface area contributed by atoms with Crippen LogP contribution in [-0.2, 0) is 6.18 Å². The van der Waals surface area contributed by atoms with Crippen molar-refractivity contribution in [1.29, 1.82) is 0 Å². The Hall–Kier alpha value is -1.33. The van der Waals surface area contributed by atoms with Gasteiger partial charge in [0.25, 0.3) is 0 Å². The van der Waals surface area contributed by atoms with Gasteiger partial charge in [0.15, 0.2) is 0 Å². The van der Waals surface area contributed by atoms with Crippen molar-refractivity contribution >= 4 is 29.1 Å². The summed E-state index contributed by atoms with van der Waals surface area (Å²) in [6.45, 7) is 0. The largest absolute Gasteiger partial charge is 0.417 e. The lowest BCUT2D eigenvalue weighted by atomic mass is 10.2. The van der Waals surface area contributed by atoms with E-state index < -0.39 is 11.7 Å². The molecule has 0 aliphatic rings. The maximum Gasteiger partial charge on any atom is 0.417 e. The van der Waals surface area contributed by atoms with Gasteiger partial charge >= 0.3 is 6.18 Å². The summed E-state index contributed by atoms with van der Waals surface area (Å²) < 4.78 is 38.6. The Labute approximate surface area is 117 Å². The number of hydrogen-bond acceptors (Lipinski definition) is 2. The van der Waals surface area contributed by atoms with E-state index in [2.05, 4.69) is 0 Å². The molecule has 0 radical (unpaired) electrons.